The van der Waals surface area contributed by atoms with Gasteiger partial charge >= 0.3 is 0 Å². The van der Waals surface area contributed by atoms with E-state index in [-0.39, 0.29) is 5.91 Å². The molecule has 4 aromatic rings. The van der Waals surface area contributed by atoms with Crippen LogP contribution in [0.1, 0.15) is 16.1 Å². The first-order chi connectivity index (χ1) is 14.5. The van der Waals surface area contributed by atoms with Crippen molar-refractivity contribution in [3.63, 3.8) is 0 Å². The number of aromatic nitrogens is 2. The molecule has 2 aromatic heterocycles. The van der Waals surface area contributed by atoms with E-state index in [0.29, 0.717) is 10.6 Å². The lowest BCUT2D eigenvalue weighted by atomic mass is 10.1. The summed E-state index contributed by atoms with van der Waals surface area (Å²) in [5.74, 6) is -0.207. The number of amides is 1. The van der Waals surface area contributed by atoms with Crippen molar-refractivity contribution in [3.05, 3.63) is 89.2 Å². The van der Waals surface area contributed by atoms with E-state index in [9.17, 15) is 4.79 Å². The number of carbonyl (C=O) groups excluding carboxylic acids is 1. The average molecular weight is 417 g/mol. The van der Waals surface area contributed by atoms with Crippen molar-refractivity contribution >= 4 is 34.1 Å². The summed E-state index contributed by atoms with van der Waals surface area (Å²) in [5.41, 5.74) is 4.86. The number of benzene rings is 2. The van der Waals surface area contributed by atoms with Crippen molar-refractivity contribution in [2.75, 3.05) is 19.4 Å². The Morgan fingerprint density at radius 2 is 1.80 bits per heavy atom. The van der Waals surface area contributed by atoms with Gasteiger partial charge in [-0.3, -0.25) is 14.8 Å². The van der Waals surface area contributed by atoms with Crippen LogP contribution in [0.15, 0.2) is 72.9 Å². The Balaban J connectivity index is 1.49. The SMILES string of the molecule is CN(C)Cc1ccc2cc(NC(=O)c3ccc(-c4ccc(Cl)cc4)nc3)ccc2n1. The highest BCUT2D eigenvalue weighted by molar-refractivity contribution is 6.30. The molecule has 0 radical (unpaired) electrons. The third kappa shape index (κ3) is 4.64. The van der Waals surface area contributed by atoms with E-state index in [1.807, 2.05) is 74.8 Å². The van der Waals surface area contributed by atoms with Gasteiger partial charge in [-0.1, -0.05) is 29.8 Å². The number of anilines is 1. The second kappa shape index (κ2) is 8.61. The summed E-state index contributed by atoms with van der Waals surface area (Å²) in [6.07, 6.45) is 1.58. The van der Waals surface area contributed by atoms with Gasteiger partial charge in [0.1, 0.15) is 0 Å². The van der Waals surface area contributed by atoms with Crippen LogP contribution in [0.5, 0.6) is 0 Å². The van der Waals surface area contributed by atoms with E-state index in [1.165, 1.54) is 0 Å². The summed E-state index contributed by atoms with van der Waals surface area (Å²) in [6, 6.07) is 20.8. The highest BCUT2D eigenvalue weighted by Crippen LogP contribution is 2.21. The summed E-state index contributed by atoms with van der Waals surface area (Å²) >= 11 is 5.93. The van der Waals surface area contributed by atoms with Crippen molar-refractivity contribution < 1.29 is 4.79 Å². The van der Waals surface area contributed by atoms with Gasteiger partial charge in [-0.05, 0) is 62.6 Å². The molecule has 0 aliphatic carbocycles. The third-order valence-electron chi connectivity index (χ3n) is 4.65. The van der Waals surface area contributed by atoms with Crippen LogP contribution < -0.4 is 5.32 Å². The van der Waals surface area contributed by atoms with Crippen LogP contribution in [0.2, 0.25) is 5.02 Å². The number of halogens is 1. The molecule has 0 aliphatic rings. The predicted octanol–water partition coefficient (Wildman–Crippen LogP) is 5.26. The molecule has 0 spiro atoms. The van der Waals surface area contributed by atoms with Gasteiger partial charge in [0.15, 0.2) is 0 Å². The lowest BCUT2D eigenvalue weighted by molar-refractivity contribution is 0.102. The fraction of sp³-hybridized carbons (Fsp3) is 0.125. The zero-order valence-electron chi connectivity index (χ0n) is 16.8. The van der Waals surface area contributed by atoms with Gasteiger partial charge in [-0.2, -0.15) is 0 Å². The Bertz CT molecular complexity index is 1190. The first-order valence-corrected chi connectivity index (χ1v) is 9.93. The molecule has 0 saturated carbocycles. The quantitative estimate of drug-likeness (QED) is 0.481. The molecule has 1 N–H and O–H groups in total. The molecule has 2 aromatic carbocycles. The molecule has 0 fully saturated rings. The van der Waals surface area contributed by atoms with Gasteiger partial charge in [0.05, 0.1) is 22.5 Å². The van der Waals surface area contributed by atoms with Crippen LogP contribution in [0.3, 0.4) is 0 Å². The van der Waals surface area contributed by atoms with Crippen molar-refractivity contribution in [1.29, 1.82) is 0 Å². The monoisotopic (exact) mass is 416 g/mol. The molecule has 0 bridgehead atoms. The average Bonchev–Trinajstić information content (AvgIpc) is 2.74. The van der Waals surface area contributed by atoms with E-state index >= 15 is 0 Å². The second-order valence-corrected chi connectivity index (χ2v) is 7.78. The molecule has 0 atom stereocenters. The molecule has 0 unspecified atom stereocenters. The molecule has 1 amide bonds. The fourth-order valence-electron chi connectivity index (χ4n) is 3.18. The molecule has 30 heavy (non-hydrogen) atoms. The van der Waals surface area contributed by atoms with Gasteiger partial charge in [0.25, 0.3) is 5.91 Å². The maximum absolute atomic E-state index is 12.6. The number of hydrogen-bond donors (Lipinski definition) is 1. The maximum Gasteiger partial charge on any atom is 0.257 e. The highest BCUT2D eigenvalue weighted by atomic mass is 35.5. The number of nitrogens with zero attached hydrogens (tertiary/aromatic N) is 3. The smallest absolute Gasteiger partial charge is 0.257 e. The minimum Gasteiger partial charge on any atom is -0.322 e. The summed E-state index contributed by atoms with van der Waals surface area (Å²) in [5, 5.41) is 4.58. The summed E-state index contributed by atoms with van der Waals surface area (Å²) in [6.45, 7) is 0.785. The standard InChI is InChI=1S/C24H21ClN4O/c1-29(2)15-21-9-5-17-13-20(10-12-23(17)27-21)28-24(30)18-6-11-22(26-14-18)16-3-7-19(25)8-4-16/h3-14H,15H2,1-2H3,(H,28,30). The molecule has 6 heteroatoms. The molecular weight excluding hydrogens is 396 g/mol. The predicted molar refractivity (Wildman–Crippen MR) is 122 cm³/mol. The van der Waals surface area contributed by atoms with E-state index in [0.717, 1.165) is 40.1 Å². The molecule has 4 rings (SSSR count). The van der Waals surface area contributed by atoms with Crippen molar-refractivity contribution in [3.8, 4) is 11.3 Å². The largest absolute Gasteiger partial charge is 0.322 e. The fourth-order valence-corrected chi connectivity index (χ4v) is 3.31. The van der Waals surface area contributed by atoms with Crippen LogP contribution in [-0.4, -0.2) is 34.9 Å². The molecule has 2 heterocycles. The molecule has 0 aliphatic heterocycles. The lowest BCUT2D eigenvalue weighted by Gasteiger charge is -2.10. The van der Waals surface area contributed by atoms with E-state index in [2.05, 4.69) is 20.2 Å². The van der Waals surface area contributed by atoms with Crippen LogP contribution in [-0.2, 0) is 6.54 Å². The first kappa shape index (κ1) is 20.0. The van der Waals surface area contributed by atoms with Crippen LogP contribution in [0, 0.1) is 0 Å². The molecule has 0 saturated heterocycles. The topological polar surface area (TPSA) is 58.1 Å². The summed E-state index contributed by atoms with van der Waals surface area (Å²) in [4.78, 5) is 23.8. The Hall–Kier alpha value is -3.28. The van der Waals surface area contributed by atoms with Crippen molar-refractivity contribution in [2.45, 2.75) is 6.54 Å². The van der Waals surface area contributed by atoms with Gasteiger partial charge in [-0.25, -0.2) is 0 Å². The third-order valence-corrected chi connectivity index (χ3v) is 4.90. The molecule has 150 valence electrons. The molecular formula is C24H21ClN4O. The lowest BCUT2D eigenvalue weighted by Crippen LogP contribution is -2.12. The Morgan fingerprint density at radius 3 is 2.50 bits per heavy atom. The first-order valence-electron chi connectivity index (χ1n) is 9.56. The number of pyridine rings is 2. The number of carbonyl (C=O) groups is 1. The number of rotatable bonds is 5. The van der Waals surface area contributed by atoms with Crippen LogP contribution in [0.4, 0.5) is 5.69 Å². The molecule has 5 nitrogen and oxygen atoms in total. The van der Waals surface area contributed by atoms with Gasteiger partial charge in [0, 0.05) is 34.4 Å². The number of hydrogen-bond acceptors (Lipinski definition) is 4. The van der Waals surface area contributed by atoms with E-state index in [4.69, 9.17) is 11.6 Å². The van der Waals surface area contributed by atoms with Crippen molar-refractivity contribution in [1.82, 2.24) is 14.9 Å². The van der Waals surface area contributed by atoms with E-state index in [1.54, 1.807) is 12.3 Å². The number of fused-ring (bicyclic) bond motifs is 1. The summed E-state index contributed by atoms with van der Waals surface area (Å²) < 4.78 is 0. The van der Waals surface area contributed by atoms with Gasteiger partial charge < -0.3 is 10.2 Å². The summed E-state index contributed by atoms with van der Waals surface area (Å²) in [7, 11) is 4.03. The normalized spacial score (nSPS) is 11.1. The Labute approximate surface area is 180 Å². The number of nitrogens with one attached hydrogen (secondary N) is 1. The highest BCUT2D eigenvalue weighted by Gasteiger charge is 2.09. The van der Waals surface area contributed by atoms with Gasteiger partial charge in [0.2, 0.25) is 0 Å². The Morgan fingerprint density at radius 1 is 1.00 bits per heavy atom. The minimum absolute atomic E-state index is 0.207. The minimum atomic E-state index is -0.207. The van der Waals surface area contributed by atoms with E-state index < -0.39 is 0 Å². The zero-order chi connectivity index (χ0) is 21.1. The maximum atomic E-state index is 12.6. The van der Waals surface area contributed by atoms with Crippen LogP contribution >= 0.6 is 11.6 Å². The second-order valence-electron chi connectivity index (χ2n) is 7.34. The zero-order valence-corrected chi connectivity index (χ0v) is 17.5. The van der Waals surface area contributed by atoms with Gasteiger partial charge in [-0.15, -0.1) is 0 Å². The van der Waals surface area contributed by atoms with Crippen LogP contribution in [0.25, 0.3) is 22.2 Å². The Kier molecular flexibility index (Phi) is 5.74. The van der Waals surface area contributed by atoms with Crippen molar-refractivity contribution in [2.24, 2.45) is 0 Å².